The Labute approximate surface area is 119 Å². The van der Waals surface area contributed by atoms with Gasteiger partial charge in [-0.3, -0.25) is 0 Å². The van der Waals surface area contributed by atoms with Gasteiger partial charge in [0.25, 0.3) is 0 Å². The summed E-state index contributed by atoms with van der Waals surface area (Å²) in [6, 6.07) is 0.796. The second kappa shape index (κ2) is 7.99. The zero-order chi connectivity index (χ0) is 15.1. The molecule has 0 radical (unpaired) electrons. The van der Waals surface area contributed by atoms with Crippen LogP contribution >= 0.6 is 0 Å². The van der Waals surface area contributed by atoms with Gasteiger partial charge in [0.1, 0.15) is 0 Å². The molecule has 0 aliphatic carbocycles. The Bertz CT molecular complexity index is 422. The smallest absolute Gasteiger partial charge is 0.168 e. The van der Waals surface area contributed by atoms with Crippen LogP contribution in [0, 0.1) is 11.6 Å². The van der Waals surface area contributed by atoms with Gasteiger partial charge in [0.15, 0.2) is 23.3 Å². The summed E-state index contributed by atoms with van der Waals surface area (Å²) in [5, 5.41) is 0. The highest BCUT2D eigenvalue weighted by atomic mass is 19.1. The molecule has 4 nitrogen and oxygen atoms in total. The minimum absolute atomic E-state index is 0.131. The second-order valence-electron chi connectivity index (χ2n) is 4.62. The summed E-state index contributed by atoms with van der Waals surface area (Å²) in [5.41, 5.74) is 5.41. The average molecular weight is 286 g/mol. The van der Waals surface area contributed by atoms with Crippen molar-refractivity contribution < 1.29 is 8.78 Å². The zero-order valence-corrected chi connectivity index (χ0v) is 12.5. The molecule has 6 heteroatoms. The maximum atomic E-state index is 13.8. The SMILES string of the molecule is CCN(CC)CCCN(CC)c1nc(N)c(F)cc1F. The molecular weight excluding hydrogens is 262 g/mol. The molecule has 2 N–H and O–H groups in total. The third-order valence-electron chi connectivity index (χ3n) is 3.42. The Morgan fingerprint density at radius 2 is 1.70 bits per heavy atom. The van der Waals surface area contributed by atoms with Crippen molar-refractivity contribution in [3.63, 3.8) is 0 Å². The predicted molar refractivity (Wildman–Crippen MR) is 78.9 cm³/mol. The summed E-state index contributed by atoms with van der Waals surface area (Å²) < 4.78 is 26.9. The lowest BCUT2D eigenvalue weighted by atomic mass is 10.3. The third-order valence-corrected chi connectivity index (χ3v) is 3.42. The molecule has 0 amide bonds. The number of hydrogen-bond donors (Lipinski definition) is 1. The molecule has 0 aliphatic rings. The molecule has 0 unspecified atom stereocenters. The Balaban J connectivity index is 2.69. The van der Waals surface area contributed by atoms with Crippen LogP contribution in [0.4, 0.5) is 20.4 Å². The molecule has 0 atom stereocenters. The summed E-state index contributed by atoms with van der Waals surface area (Å²) in [6.45, 7) is 10.4. The molecule has 1 aromatic rings. The maximum Gasteiger partial charge on any atom is 0.168 e. The minimum atomic E-state index is -0.814. The van der Waals surface area contributed by atoms with Crippen LogP contribution in [0.25, 0.3) is 0 Å². The highest BCUT2D eigenvalue weighted by Gasteiger charge is 2.15. The molecule has 0 fully saturated rings. The van der Waals surface area contributed by atoms with E-state index in [0.717, 1.165) is 32.1 Å². The van der Waals surface area contributed by atoms with Gasteiger partial charge in [-0.25, -0.2) is 13.8 Å². The van der Waals surface area contributed by atoms with E-state index in [0.29, 0.717) is 13.1 Å². The molecule has 0 bridgehead atoms. The maximum absolute atomic E-state index is 13.8. The standard InChI is InChI=1S/C14H24F2N4/c1-4-19(5-2)8-7-9-20(6-3)14-12(16)10-11(15)13(17)18-14/h10H,4-9H2,1-3H3,(H2,17,18). The van der Waals surface area contributed by atoms with Gasteiger partial charge in [-0.2, -0.15) is 0 Å². The van der Waals surface area contributed by atoms with E-state index < -0.39 is 11.6 Å². The Kier molecular flexibility index (Phi) is 6.64. The first kappa shape index (κ1) is 16.6. The monoisotopic (exact) mass is 286 g/mol. The Morgan fingerprint density at radius 3 is 2.25 bits per heavy atom. The number of halogens is 2. The predicted octanol–water partition coefficient (Wildman–Crippen LogP) is 2.50. The van der Waals surface area contributed by atoms with Crippen molar-refractivity contribution in [3.05, 3.63) is 17.7 Å². The van der Waals surface area contributed by atoms with Crippen LogP contribution in [0.2, 0.25) is 0 Å². The van der Waals surface area contributed by atoms with Crippen LogP contribution in [0.3, 0.4) is 0 Å². The number of nitrogens with zero attached hydrogens (tertiary/aromatic N) is 3. The van der Waals surface area contributed by atoms with E-state index >= 15 is 0 Å². The lowest BCUT2D eigenvalue weighted by Crippen LogP contribution is -2.31. The van der Waals surface area contributed by atoms with Crippen molar-refractivity contribution in [1.82, 2.24) is 9.88 Å². The fourth-order valence-electron chi connectivity index (χ4n) is 2.13. The summed E-state index contributed by atoms with van der Waals surface area (Å²) in [4.78, 5) is 7.91. The van der Waals surface area contributed by atoms with Crippen LogP contribution in [-0.2, 0) is 0 Å². The molecule has 20 heavy (non-hydrogen) atoms. The summed E-state index contributed by atoms with van der Waals surface area (Å²) in [5.74, 6) is -1.61. The Hall–Kier alpha value is -1.43. The summed E-state index contributed by atoms with van der Waals surface area (Å²) >= 11 is 0. The number of anilines is 2. The molecule has 1 rings (SSSR count). The first-order valence-corrected chi connectivity index (χ1v) is 7.12. The topological polar surface area (TPSA) is 45.4 Å². The first-order valence-electron chi connectivity index (χ1n) is 7.12. The fourth-order valence-corrected chi connectivity index (χ4v) is 2.13. The third kappa shape index (κ3) is 4.30. The average Bonchev–Trinajstić information content (AvgIpc) is 2.44. The highest BCUT2D eigenvalue weighted by Crippen LogP contribution is 2.20. The number of rotatable bonds is 8. The van der Waals surface area contributed by atoms with Gasteiger partial charge < -0.3 is 15.5 Å². The second-order valence-corrected chi connectivity index (χ2v) is 4.62. The van der Waals surface area contributed by atoms with Crippen LogP contribution in [0.1, 0.15) is 27.2 Å². The number of nitrogens with two attached hydrogens (primary N) is 1. The Morgan fingerprint density at radius 1 is 1.05 bits per heavy atom. The first-order chi connectivity index (χ1) is 9.53. The van der Waals surface area contributed by atoms with E-state index in [1.54, 1.807) is 4.90 Å². The summed E-state index contributed by atoms with van der Waals surface area (Å²) in [6.07, 6.45) is 0.897. The quantitative estimate of drug-likeness (QED) is 0.797. The number of nitrogen functional groups attached to an aromatic ring is 1. The number of hydrogen-bond acceptors (Lipinski definition) is 4. The van der Waals surface area contributed by atoms with E-state index in [-0.39, 0.29) is 11.6 Å². The van der Waals surface area contributed by atoms with E-state index in [1.807, 2.05) is 6.92 Å². The van der Waals surface area contributed by atoms with E-state index in [1.165, 1.54) is 0 Å². The van der Waals surface area contributed by atoms with Gasteiger partial charge in [0.2, 0.25) is 0 Å². The highest BCUT2D eigenvalue weighted by molar-refractivity contribution is 5.47. The largest absolute Gasteiger partial charge is 0.381 e. The van der Waals surface area contributed by atoms with Gasteiger partial charge in [-0.1, -0.05) is 13.8 Å². The molecule has 1 aromatic heterocycles. The minimum Gasteiger partial charge on any atom is -0.381 e. The zero-order valence-electron chi connectivity index (χ0n) is 12.5. The van der Waals surface area contributed by atoms with E-state index in [2.05, 4.69) is 23.7 Å². The van der Waals surface area contributed by atoms with Crippen molar-refractivity contribution in [3.8, 4) is 0 Å². The van der Waals surface area contributed by atoms with Gasteiger partial charge in [0.05, 0.1) is 0 Å². The van der Waals surface area contributed by atoms with Crippen LogP contribution in [0.5, 0.6) is 0 Å². The lowest BCUT2D eigenvalue weighted by Gasteiger charge is -2.25. The molecule has 0 aromatic carbocycles. The van der Waals surface area contributed by atoms with Crippen LogP contribution in [0.15, 0.2) is 6.07 Å². The molecular formula is C14H24F2N4. The van der Waals surface area contributed by atoms with Crippen molar-refractivity contribution >= 4 is 11.6 Å². The molecule has 114 valence electrons. The van der Waals surface area contributed by atoms with Gasteiger partial charge in [-0.05, 0) is 33.0 Å². The van der Waals surface area contributed by atoms with Gasteiger partial charge >= 0.3 is 0 Å². The number of pyridine rings is 1. The van der Waals surface area contributed by atoms with Crippen LogP contribution in [-0.4, -0.2) is 42.6 Å². The van der Waals surface area contributed by atoms with Crippen molar-refractivity contribution in [1.29, 1.82) is 0 Å². The molecule has 1 heterocycles. The molecule has 0 saturated carbocycles. The normalized spacial score (nSPS) is 11.1. The van der Waals surface area contributed by atoms with Crippen molar-refractivity contribution in [2.75, 3.05) is 43.4 Å². The van der Waals surface area contributed by atoms with Crippen LogP contribution < -0.4 is 10.6 Å². The molecule has 0 aliphatic heterocycles. The lowest BCUT2D eigenvalue weighted by molar-refractivity contribution is 0.300. The van der Waals surface area contributed by atoms with Gasteiger partial charge in [0, 0.05) is 19.2 Å². The van der Waals surface area contributed by atoms with Crippen molar-refractivity contribution in [2.24, 2.45) is 0 Å². The van der Waals surface area contributed by atoms with E-state index in [4.69, 9.17) is 5.73 Å². The van der Waals surface area contributed by atoms with Crippen molar-refractivity contribution in [2.45, 2.75) is 27.2 Å². The van der Waals surface area contributed by atoms with Gasteiger partial charge in [-0.15, -0.1) is 0 Å². The van der Waals surface area contributed by atoms with E-state index in [9.17, 15) is 8.78 Å². The number of aromatic nitrogens is 1. The molecule has 0 saturated heterocycles. The fraction of sp³-hybridized carbons (Fsp3) is 0.643. The molecule has 0 spiro atoms. The summed E-state index contributed by atoms with van der Waals surface area (Å²) in [7, 11) is 0.